The summed E-state index contributed by atoms with van der Waals surface area (Å²) in [6.45, 7) is 0. The highest BCUT2D eigenvalue weighted by Crippen LogP contribution is 2.17. The third-order valence-electron chi connectivity index (χ3n) is 2.60. The van der Waals surface area contributed by atoms with Crippen molar-refractivity contribution >= 4 is 23.2 Å². The number of para-hydroxylation sites is 1. The Morgan fingerprint density at radius 2 is 1.56 bits per heavy atom. The van der Waals surface area contributed by atoms with Crippen LogP contribution in [0.3, 0.4) is 0 Å². The summed E-state index contributed by atoms with van der Waals surface area (Å²) in [4.78, 5) is 12.3. The SMILES string of the molecule is CSC(Nc1ccccc1)C(=O)c1ccccc1. The molecule has 1 atom stereocenters. The van der Waals surface area contributed by atoms with Crippen LogP contribution >= 0.6 is 11.8 Å². The Hall–Kier alpha value is -1.74. The topological polar surface area (TPSA) is 29.1 Å². The zero-order valence-electron chi connectivity index (χ0n) is 10.2. The van der Waals surface area contributed by atoms with Crippen LogP contribution in [0.1, 0.15) is 10.4 Å². The molecule has 2 rings (SSSR count). The molecule has 1 N–H and O–H groups in total. The van der Waals surface area contributed by atoms with E-state index in [-0.39, 0.29) is 11.2 Å². The number of nitrogens with one attached hydrogen (secondary N) is 1. The molecule has 2 nitrogen and oxygen atoms in total. The maximum atomic E-state index is 12.3. The van der Waals surface area contributed by atoms with Gasteiger partial charge in [-0.15, -0.1) is 11.8 Å². The van der Waals surface area contributed by atoms with Crippen molar-refractivity contribution in [1.29, 1.82) is 0 Å². The van der Waals surface area contributed by atoms with E-state index in [1.165, 1.54) is 11.8 Å². The number of anilines is 1. The first kappa shape index (κ1) is 12.7. The molecule has 2 aromatic carbocycles. The second kappa shape index (κ2) is 6.26. The molecule has 92 valence electrons. The molecule has 0 radical (unpaired) electrons. The zero-order valence-corrected chi connectivity index (χ0v) is 11.0. The summed E-state index contributed by atoms with van der Waals surface area (Å²) in [5, 5.41) is 2.99. The van der Waals surface area contributed by atoms with E-state index in [4.69, 9.17) is 0 Å². The largest absolute Gasteiger partial charge is 0.367 e. The van der Waals surface area contributed by atoms with Crippen molar-refractivity contribution in [3.63, 3.8) is 0 Å². The molecule has 3 heteroatoms. The second-order valence-electron chi connectivity index (χ2n) is 3.86. The molecule has 0 saturated heterocycles. The van der Waals surface area contributed by atoms with Crippen LogP contribution in [-0.4, -0.2) is 17.4 Å². The van der Waals surface area contributed by atoms with E-state index in [0.717, 1.165) is 11.3 Å². The molecule has 2 aromatic rings. The van der Waals surface area contributed by atoms with Crippen LogP contribution in [0.4, 0.5) is 5.69 Å². The molecule has 0 aliphatic heterocycles. The number of Topliss-reactive ketones (excluding diaryl/α,β-unsaturated/α-hetero) is 1. The Bertz CT molecular complexity index is 498. The molecule has 0 saturated carbocycles. The molecule has 0 aromatic heterocycles. The summed E-state index contributed by atoms with van der Waals surface area (Å²) in [6.07, 6.45) is 1.93. The highest BCUT2D eigenvalue weighted by molar-refractivity contribution is 8.00. The van der Waals surface area contributed by atoms with Gasteiger partial charge in [0, 0.05) is 11.3 Å². The molecular formula is C15H15NOS. The van der Waals surface area contributed by atoms with E-state index >= 15 is 0 Å². The predicted molar refractivity (Wildman–Crippen MR) is 78.1 cm³/mol. The van der Waals surface area contributed by atoms with Gasteiger partial charge in [0.05, 0.1) is 0 Å². The maximum absolute atomic E-state index is 12.3. The second-order valence-corrected chi connectivity index (χ2v) is 4.80. The lowest BCUT2D eigenvalue weighted by molar-refractivity contribution is 0.0996. The molecule has 1 unspecified atom stereocenters. The summed E-state index contributed by atoms with van der Waals surface area (Å²) in [7, 11) is 0. The first-order chi connectivity index (χ1) is 8.81. The predicted octanol–water partition coefficient (Wildman–Crippen LogP) is 3.67. The fourth-order valence-corrected chi connectivity index (χ4v) is 2.28. The fourth-order valence-electron chi connectivity index (χ4n) is 1.67. The van der Waals surface area contributed by atoms with E-state index in [0.29, 0.717) is 0 Å². The summed E-state index contributed by atoms with van der Waals surface area (Å²) in [5.41, 5.74) is 1.70. The van der Waals surface area contributed by atoms with E-state index in [9.17, 15) is 4.79 Å². The highest BCUT2D eigenvalue weighted by Gasteiger charge is 2.18. The van der Waals surface area contributed by atoms with Gasteiger partial charge in [-0.3, -0.25) is 4.79 Å². The number of carbonyl (C=O) groups is 1. The number of carbonyl (C=O) groups excluding carboxylic acids is 1. The van der Waals surface area contributed by atoms with E-state index in [1.54, 1.807) is 0 Å². The molecule has 18 heavy (non-hydrogen) atoms. The van der Waals surface area contributed by atoms with Crippen LogP contribution in [0.15, 0.2) is 60.7 Å². The van der Waals surface area contributed by atoms with Crippen LogP contribution in [0.25, 0.3) is 0 Å². The Kier molecular flexibility index (Phi) is 4.42. The third kappa shape index (κ3) is 3.14. The number of ketones is 1. The number of benzene rings is 2. The summed E-state index contributed by atoms with van der Waals surface area (Å²) < 4.78 is 0. The minimum absolute atomic E-state index is 0.104. The number of rotatable bonds is 5. The van der Waals surface area contributed by atoms with Crippen LogP contribution in [0.2, 0.25) is 0 Å². The lowest BCUT2D eigenvalue weighted by atomic mass is 10.1. The van der Waals surface area contributed by atoms with Gasteiger partial charge >= 0.3 is 0 Å². The van der Waals surface area contributed by atoms with Gasteiger partial charge in [0.1, 0.15) is 5.37 Å². The first-order valence-electron chi connectivity index (χ1n) is 5.75. The Morgan fingerprint density at radius 3 is 2.11 bits per heavy atom. The number of hydrogen-bond donors (Lipinski definition) is 1. The van der Waals surface area contributed by atoms with Crippen LogP contribution in [0.5, 0.6) is 0 Å². The van der Waals surface area contributed by atoms with Gasteiger partial charge in [-0.05, 0) is 18.4 Å². The van der Waals surface area contributed by atoms with E-state index in [2.05, 4.69) is 5.32 Å². The highest BCUT2D eigenvalue weighted by atomic mass is 32.2. The molecule has 0 spiro atoms. The summed E-state index contributed by atoms with van der Waals surface area (Å²) in [5.74, 6) is 0.104. The van der Waals surface area contributed by atoms with E-state index in [1.807, 2.05) is 66.9 Å². The first-order valence-corrected chi connectivity index (χ1v) is 7.03. The molecule has 0 amide bonds. The number of hydrogen-bond acceptors (Lipinski definition) is 3. The van der Waals surface area contributed by atoms with Crippen molar-refractivity contribution in [1.82, 2.24) is 0 Å². The minimum atomic E-state index is -0.255. The minimum Gasteiger partial charge on any atom is -0.367 e. The maximum Gasteiger partial charge on any atom is 0.195 e. The monoisotopic (exact) mass is 257 g/mol. The molecule has 0 heterocycles. The summed E-state index contributed by atoms with van der Waals surface area (Å²) >= 11 is 1.51. The molecular weight excluding hydrogens is 242 g/mol. The van der Waals surface area contributed by atoms with Gasteiger partial charge in [0.15, 0.2) is 5.78 Å². The summed E-state index contributed by atoms with van der Waals surface area (Å²) in [6, 6.07) is 19.1. The van der Waals surface area contributed by atoms with Crippen molar-refractivity contribution < 1.29 is 4.79 Å². The quantitative estimate of drug-likeness (QED) is 0.654. The Labute approximate surface area is 111 Å². The van der Waals surface area contributed by atoms with E-state index < -0.39 is 0 Å². The van der Waals surface area contributed by atoms with Crippen molar-refractivity contribution in [3.05, 3.63) is 66.2 Å². The Balaban J connectivity index is 2.12. The standard InChI is InChI=1S/C15H15NOS/c1-18-15(16-13-10-6-3-7-11-13)14(17)12-8-4-2-5-9-12/h2-11,15-16H,1H3. The van der Waals surface area contributed by atoms with Crippen molar-refractivity contribution in [2.75, 3.05) is 11.6 Å². The van der Waals surface area contributed by atoms with Gasteiger partial charge in [0.25, 0.3) is 0 Å². The van der Waals surface area contributed by atoms with Gasteiger partial charge < -0.3 is 5.32 Å². The lowest BCUT2D eigenvalue weighted by Gasteiger charge is -2.16. The van der Waals surface area contributed by atoms with Crippen LogP contribution < -0.4 is 5.32 Å². The smallest absolute Gasteiger partial charge is 0.195 e. The van der Waals surface area contributed by atoms with Gasteiger partial charge in [-0.25, -0.2) is 0 Å². The lowest BCUT2D eigenvalue weighted by Crippen LogP contribution is -2.25. The normalized spacial score (nSPS) is 11.8. The van der Waals surface area contributed by atoms with Gasteiger partial charge in [-0.2, -0.15) is 0 Å². The van der Waals surface area contributed by atoms with Crippen LogP contribution in [-0.2, 0) is 0 Å². The average molecular weight is 257 g/mol. The zero-order chi connectivity index (χ0) is 12.8. The average Bonchev–Trinajstić information content (AvgIpc) is 2.46. The van der Waals surface area contributed by atoms with Crippen molar-refractivity contribution in [3.8, 4) is 0 Å². The van der Waals surface area contributed by atoms with Crippen LogP contribution in [0, 0.1) is 0 Å². The molecule has 0 bridgehead atoms. The van der Waals surface area contributed by atoms with Gasteiger partial charge in [-0.1, -0.05) is 48.5 Å². The molecule has 0 fully saturated rings. The van der Waals surface area contributed by atoms with Crippen molar-refractivity contribution in [2.24, 2.45) is 0 Å². The Morgan fingerprint density at radius 1 is 1.00 bits per heavy atom. The number of thioether (sulfide) groups is 1. The van der Waals surface area contributed by atoms with Crippen molar-refractivity contribution in [2.45, 2.75) is 5.37 Å². The third-order valence-corrected chi connectivity index (χ3v) is 3.41. The molecule has 0 aliphatic rings. The van der Waals surface area contributed by atoms with Gasteiger partial charge in [0.2, 0.25) is 0 Å². The fraction of sp³-hybridized carbons (Fsp3) is 0.133. The molecule has 0 aliphatic carbocycles.